The van der Waals surface area contributed by atoms with Gasteiger partial charge in [-0.3, -0.25) is 14.1 Å². The first kappa shape index (κ1) is 34.0. The Kier molecular flexibility index (Phi) is 9.42. The van der Waals surface area contributed by atoms with E-state index in [1.807, 2.05) is 19.3 Å². The SMILES string of the molecule is Cn1c2ccc(OC[C@H](O/N=C(\C(=O)NC3C(=O)N(OS(=O)(=O)O)C3(C)C)c3csc(N)n3)C(=O)O)cc2c[n+]1C1CCC(N)CC1. The van der Waals surface area contributed by atoms with Crippen LogP contribution < -0.4 is 26.2 Å². The first-order valence-corrected chi connectivity index (χ1v) is 16.7. The number of oxime groups is 1. The maximum Gasteiger partial charge on any atom is 0.418 e. The van der Waals surface area contributed by atoms with Gasteiger partial charge in [-0.2, -0.15) is 18.2 Å². The minimum Gasteiger partial charge on any atom is -0.489 e. The van der Waals surface area contributed by atoms with E-state index in [4.69, 9.17) is 25.6 Å². The number of fused-ring (bicyclic) bond motifs is 1. The molecule has 18 nitrogen and oxygen atoms in total. The van der Waals surface area contributed by atoms with Crippen LogP contribution in [-0.2, 0) is 41.0 Å². The van der Waals surface area contributed by atoms with E-state index >= 15 is 0 Å². The average molecular weight is 696 g/mol. The number of nitrogens with one attached hydrogen (secondary N) is 1. The third-order valence-corrected chi connectivity index (χ3v) is 9.14. The molecule has 1 saturated heterocycles. The van der Waals surface area contributed by atoms with Crippen LogP contribution >= 0.6 is 11.3 Å². The van der Waals surface area contributed by atoms with Gasteiger partial charge in [0.2, 0.25) is 6.20 Å². The monoisotopic (exact) mass is 695 g/mol. The lowest BCUT2D eigenvalue weighted by Gasteiger charge is -2.50. The highest BCUT2D eigenvalue weighted by Crippen LogP contribution is 2.33. The van der Waals surface area contributed by atoms with E-state index in [9.17, 15) is 27.9 Å². The number of aliphatic carboxylic acids is 1. The molecule has 2 aromatic heterocycles. The third kappa shape index (κ3) is 7.30. The zero-order chi connectivity index (χ0) is 34.3. The number of nitrogens with zero attached hydrogens (tertiary/aromatic N) is 5. The Balaban J connectivity index is 1.29. The first-order chi connectivity index (χ1) is 22.0. The summed E-state index contributed by atoms with van der Waals surface area (Å²) in [7, 11) is -3.04. The molecule has 20 heteroatoms. The number of carbonyl (C=O) groups excluding carboxylic acids is 2. The van der Waals surface area contributed by atoms with Gasteiger partial charge in [-0.1, -0.05) is 5.16 Å². The number of carbonyl (C=O) groups is 3. The minimum atomic E-state index is -5.01. The Labute approximate surface area is 272 Å². The van der Waals surface area contributed by atoms with E-state index in [0.717, 1.165) is 47.9 Å². The summed E-state index contributed by atoms with van der Waals surface area (Å²) in [5, 5.41) is 18.7. The number of nitrogen functional groups attached to an aromatic ring is 1. The molecule has 2 amide bonds. The number of hydroxylamine groups is 2. The molecule has 7 N–H and O–H groups in total. The van der Waals surface area contributed by atoms with Gasteiger partial charge in [0.05, 0.1) is 18.0 Å². The molecule has 0 spiro atoms. The molecule has 0 bridgehead atoms. The summed E-state index contributed by atoms with van der Waals surface area (Å²) in [6, 6.07) is 4.57. The number of hydrogen-bond donors (Lipinski definition) is 5. The maximum absolute atomic E-state index is 13.3. The van der Waals surface area contributed by atoms with Gasteiger partial charge in [-0.15, -0.1) is 20.3 Å². The highest BCUT2D eigenvalue weighted by Gasteiger charge is 2.58. The number of benzene rings is 1. The molecule has 2 fully saturated rings. The van der Waals surface area contributed by atoms with Gasteiger partial charge in [0.25, 0.3) is 17.9 Å². The predicted octanol–water partition coefficient (Wildman–Crippen LogP) is 0.0398. The number of nitrogens with two attached hydrogens (primary N) is 2. The second-order valence-corrected chi connectivity index (χ2v) is 13.7. The molecule has 47 heavy (non-hydrogen) atoms. The van der Waals surface area contributed by atoms with Crippen molar-refractivity contribution < 1.29 is 51.0 Å². The Morgan fingerprint density at radius 3 is 2.57 bits per heavy atom. The summed E-state index contributed by atoms with van der Waals surface area (Å²) in [5.41, 5.74) is 10.7. The highest BCUT2D eigenvalue weighted by molar-refractivity contribution is 7.80. The number of carboxylic acids is 1. The molecule has 1 saturated carbocycles. The number of aryl methyl sites for hydroxylation is 1. The van der Waals surface area contributed by atoms with Crippen LogP contribution in [0.15, 0.2) is 34.9 Å². The summed E-state index contributed by atoms with van der Waals surface area (Å²) in [6.07, 6.45) is 4.20. The van der Waals surface area contributed by atoms with Gasteiger partial charge in [0.15, 0.2) is 16.9 Å². The van der Waals surface area contributed by atoms with Crippen molar-refractivity contribution in [2.45, 2.75) is 69.3 Å². The van der Waals surface area contributed by atoms with Crippen LogP contribution in [0.25, 0.3) is 10.9 Å². The zero-order valence-corrected chi connectivity index (χ0v) is 27.2. The van der Waals surface area contributed by atoms with E-state index in [1.165, 1.54) is 19.2 Å². The molecule has 3 aromatic rings. The Hall–Kier alpha value is -4.37. The van der Waals surface area contributed by atoms with Crippen molar-refractivity contribution in [3.05, 3.63) is 35.5 Å². The topological polar surface area (TPSA) is 255 Å². The molecule has 254 valence electrons. The van der Waals surface area contributed by atoms with Crippen molar-refractivity contribution >= 4 is 61.3 Å². The fraction of sp³-hybridized carbons (Fsp3) is 0.481. The van der Waals surface area contributed by atoms with Gasteiger partial charge in [-0.05, 0) is 44.9 Å². The predicted molar refractivity (Wildman–Crippen MR) is 165 cm³/mol. The second-order valence-electron chi connectivity index (χ2n) is 11.8. The molecule has 3 heterocycles. The average Bonchev–Trinajstić information content (AvgIpc) is 3.58. The van der Waals surface area contributed by atoms with Crippen LogP contribution in [0.4, 0.5) is 5.13 Å². The number of aromatic nitrogens is 3. The van der Waals surface area contributed by atoms with Crippen LogP contribution in [0.5, 0.6) is 5.75 Å². The minimum absolute atomic E-state index is 0.0658. The summed E-state index contributed by atoms with van der Waals surface area (Å²) in [5.74, 6) is -3.05. The Morgan fingerprint density at radius 2 is 1.98 bits per heavy atom. The van der Waals surface area contributed by atoms with Crippen LogP contribution in [-0.4, -0.2) is 86.6 Å². The summed E-state index contributed by atoms with van der Waals surface area (Å²) < 4.78 is 45.5. The molecule has 1 aliphatic heterocycles. The number of β-lactam (4-membered cyclic amide) rings is 1. The maximum atomic E-state index is 13.3. The van der Waals surface area contributed by atoms with Crippen LogP contribution in [0.2, 0.25) is 0 Å². The van der Waals surface area contributed by atoms with Crippen molar-refractivity contribution in [1.82, 2.24) is 20.0 Å². The smallest absolute Gasteiger partial charge is 0.418 e. The number of amides is 2. The second kappa shape index (κ2) is 13.0. The lowest BCUT2D eigenvalue weighted by molar-refractivity contribution is -0.795. The van der Waals surface area contributed by atoms with Gasteiger partial charge in [0.1, 0.15) is 29.6 Å². The number of ether oxygens (including phenoxy) is 1. The van der Waals surface area contributed by atoms with Crippen molar-refractivity contribution in [3.8, 4) is 5.75 Å². The largest absolute Gasteiger partial charge is 0.489 e. The van der Waals surface area contributed by atoms with Crippen molar-refractivity contribution in [2.24, 2.45) is 17.9 Å². The highest BCUT2D eigenvalue weighted by atomic mass is 32.3. The molecule has 2 aliphatic rings. The molecule has 5 rings (SSSR count). The number of rotatable bonds is 12. The molecule has 1 aliphatic carbocycles. The van der Waals surface area contributed by atoms with E-state index in [0.29, 0.717) is 16.9 Å². The molecule has 2 atom stereocenters. The van der Waals surface area contributed by atoms with Crippen molar-refractivity contribution in [1.29, 1.82) is 0 Å². The van der Waals surface area contributed by atoms with Gasteiger partial charge in [-0.25, -0.2) is 9.78 Å². The van der Waals surface area contributed by atoms with Gasteiger partial charge < -0.3 is 31.5 Å². The molecule has 0 radical (unpaired) electrons. The summed E-state index contributed by atoms with van der Waals surface area (Å²) in [4.78, 5) is 47.1. The van der Waals surface area contributed by atoms with Gasteiger partial charge >= 0.3 is 16.4 Å². The zero-order valence-electron chi connectivity index (χ0n) is 25.6. The van der Waals surface area contributed by atoms with Gasteiger partial charge in [0, 0.05) is 24.3 Å². The number of hydrogen-bond acceptors (Lipinski definition) is 13. The van der Waals surface area contributed by atoms with Crippen LogP contribution in [0.3, 0.4) is 0 Å². The summed E-state index contributed by atoms with van der Waals surface area (Å²) >= 11 is 0.967. The van der Waals surface area contributed by atoms with Crippen LogP contribution in [0, 0.1) is 0 Å². The fourth-order valence-electron chi connectivity index (χ4n) is 5.55. The van der Waals surface area contributed by atoms with E-state index in [2.05, 4.69) is 29.1 Å². The molecule has 1 aromatic carbocycles. The molecular formula is C27H35N8O10S2+. The Bertz CT molecular complexity index is 1830. The molecule has 1 unspecified atom stereocenters. The lowest BCUT2D eigenvalue weighted by atomic mass is 9.84. The Morgan fingerprint density at radius 1 is 1.28 bits per heavy atom. The molecular weight excluding hydrogens is 660 g/mol. The van der Waals surface area contributed by atoms with Crippen molar-refractivity contribution in [3.63, 3.8) is 0 Å². The summed E-state index contributed by atoms with van der Waals surface area (Å²) in [6.45, 7) is 2.26. The quantitative estimate of drug-likeness (QED) is 0.0552. The standard InChI is InChI=1S/C27H34N8O10S2/c1-27(2)22(24(37)35(27)45-47(40,41)42)31-23(36)21(18-13-46-26(29)30-18)32-44-20(25(38)39)12-43-17-8-9-19-14(10-17)11-34(33(19)3)16-6-4-15(28)5-7-16/h8-11,13,15-16,20,22H,4-7,12,28H2,1-3H3,(H4-,29,30,31,36,38,39,40,41,42)/p+1/b32-21-/t15?,16?,20-,22?/m0/s1. The lowest BCUT2D eigenvalue weighted by Crippen LogP contribution is -2.76. The fourth-order valence-corrected chi connectivity index (χ4v) is 6.55. The number of anilines is 1. The van der Waals surface area contributed by atoms with E-state index < -0.39 is 58.2 Å². The van der Waals surface area contributed by atoms with E-state index in [1.54, 1.807) is 12.1 Å². The van der Waals surface area contributed by atoms with E-state index in [-0.39, 0.29) is 16.9 Å². The van der Waals surface area contributed by atoms with Crippen molar-refractivity contribution in [2.75, 3.05) is 12.3 Å². The first-order valence-electron chi connectivity index (χ1n) is 14.4. The normalized spacial score (nSPS) is 22.1. The number of carboxylic acid groups (broad SMARTS) is 1. The van der Waals surface area contributed by atoms with Crippen LogP contribution in [0.1, 0.15) is 51.3 Å². The third-order valence-electron chi connectivity index (χ3n) is 8.13. The number of thiazole rings is 1.